The third-order valence-electron chi connectivity index (χ3n) is 3.14. The molecule has 0 aromatic carbocycles. The van der Waals surface area contributed by atoms with Gasteiger partial charge in [0.1, 0.15) is 0 Å². The number of carboxylic acid groups (broad SMARTS) is 1. The fourth-order valence-electron chi connectivity index (χ4n) is 1.83. The van der Waals surface area contributed by atoms with E-state index in [0.717, 1.165) is 18.8 Å². The number of carbonyl (C=O) groups excluding carboxylic acids is 1. The molecule has 1 aliphatic carbocycles. The van der Waals surface area contributed by atoms with Crippen LogP contribution in [-0.2, 0) is 9.59 Å². The van der Waals surface area contributed by atoms with Gasteiger partial charge in [-0.15, -0.1) is 0 Å². The van der Waals surface area contributed by atoms with Crippen LogP contribution >= 0.6 is 0 Å². The van der Waals surface area contributed by atoms with Gasteiger partial charge in [0.2, 0.25) is 5.91 Å². The molecule has 16 heavy (non-hydrogen) atoms. The molecule has 0 radical (unpaired) electrons. The number of carboxylic acids is 1. The third-order valence-corrected chi connectivity index (χ3v) is 3.14. The number of hydrogen-bond donors (Lipinski definition) is 2. The summed E-state index contributed by atoms with van der Waals surface area (Å²) in [5, 5.41) is 11.2. The maximum absolute atomic E-state index is 11.4. The minimum absolute atomic E-state index is 0.113. The molecule has 2 N–H and O–H groups in total. The van der Waals surface area contributed by atoms with Gasteiger partial charge in [0.25, 0.3) is 0 Å². The Labute approximate surface area is 96.4 Å². The Bertz CT molecular complexity index is 236. The molecule has 0 saturated heterocycles. The van der Waals surface area contributed by atoms with Crippen molar-refractivity contribution in [1.82, 2.24) is 5.32 Å². The fourth-order valence-corrected chi connectivity index (χ4v) is 1.83. The summed E-state index contributed by atoms with van der Waals surface area (Å²) in [5.74, 6) is 0.122. The molecule has 1 amide bonds. The van der Waals surface area contributed by atoms with Gasteiger partial charge in [-0.1, -0.05) is 19.3 Å². The largest absolute Gasteiger partial charge is 0.481 e. The topological polar surface area (TPSA) is 66.4 Å². The lowest BCUT2D eigenvalue weighted by Gasteiger charge is -2.24. The van der Waals surface area contributed by atoms with E-state index in [0.29, 0.717) is 19.4 Å². The van der Waals surface area contributed by atoms with Crippen molar-refractivity contribution in [3.8, 4) is 0 Å². The summed E-state index contributed by atoms with van der Waals surface area (Å²) in [6, 6.07) is 0. The first-order valence-corrected chi connectivity index (χ1v) is 6.17. The van der Waals surface area contributed by atoms with Crippen molar-refractivity contribution in [2.45, 2.75) is 51.4 Å². The Balaban J connectivity index is 1.87. The molecule has 0 bridgehead atoms. The molecule has 4 heteroatoms. The van der Waals surface area contributed by atoms with Crippen LogP contribution in [0.4, 0.5) is 0 Å². The zero-order valence-corrected chi connectivity index (χ0v) is 9.71. The lowest BCUT2D eigenvalue weighted by Crippen LogP contribution is -2.25. The van der Waals surface area contributed by atoms with Crippen molar-refractivity contribution in [2.75, 3.05) is 6.54 Å². The van der Waals surface area contributed by atoms with Crippen LogP contribution in [0, 0.1) is 5.92 Å². The van der Waals surface area contributed by atoms with Crippen molar-refractivity contribution in [3.63, 3.8) is 0 Å². The maximum Gasteiger partial charge on any atom is 0.303 e. The zero-order chi connectivity index (χ0) is 11.8. The quantitative estimate of drug-likeness (QED) is 0.623. The Morgan fingerprint density at radius 3 is 2.50 bits per heavy atom. The number of nitrogens with one attached hydrogen (secondary N) is 1. The van der Waals surface area contributed by atoms with Crippen LogP contribution in [0.25, 0.3) is 0 Å². The number of unbranched alkanes of at least 4 members (excludes halogenated alkanes) is 1. The number of hydrogen-bond acceptors (Lipinski definition) is 2. The maximum atomic E-state index is 11.4. The molecule has 0 aliphatic heterocycles. The molecule has 0 atom stereocenters. The van der Waals surface area contributed by atoms with Crippen LogP contribution in [0.15, 0.2) is 0 Å². The monoisotopic (exact) mass is 227 g/mol. The van der Waals surface area contributed by atoms with E-state index >= 15 is 0 Å². The Hall–Kier alpha value is -1.06. The average Bonchev–Trinajstić information content (AvgIpc) is 2.14. The van der Waals surface area contributed by atoms with Crippen LogP contribution in [0.2, 0.25) is 0 Å². The lowest BCUT2D eigenvalue weighted by molar-refractivity contribution is -0.137. The average molecular weight is 227 g/mol. The number of amides is 1. The molecule has 0 aromatic rings. The van der Waals surface area contributed by atoms with E-state index in [1.807, 2.05) is 0 Å². The first-order valence-electron chi connectivity index (χ1n) is 6.17. The molecule has 0 unspecified atom stereocenters. The minimum Gasteiger partial charge on any atom is -0.481 e. The van der Waals surface area contributed by atoms with E-state index in [1.165, 1.54) is 19.3 Å². The smallest absolute Gasteiger partial charge is 0.303 e. The highest BCUT2D eigenvalue weighted by Crippen LogP contribution is 2.30. The van der Waals surface area contributed by atoms with Gasteiger partial charge in [0.05, 0.1) is 0 Å². The van der Waals surface area contributed by atoms with E-state index in [9.17, 15) is 9.59 Å². The molecule has 1 fully saturated rings. The second kappa shape index (κ2) is 7.25. The number of carbonyl (C=O) groups is 2. The summed E-state index contributed by atoms with van der Waals surface area (Å²) in [6.45, 7) is 0.608. The predicted octanol–water partition coefficient (Wildman–Crippen LogP) is 1.94. The molecule has 92 valence electrons. The highest BCUT2D eigenvalue weighted by atomic mass is 16.4. The zero-order valence-electron chi connectivity index (χ0n) is 9.71. The molecular weight excluding hydrogens is 206 g/mol. The van der Waals surface area contributed by atoms with Crippen LogP contribution in [-0.4, -0.2) is 23.5 Å². The Kier molecular flexibility index (Phi) is 5.90. The van der Waals surface area contributed by atoms with E-state index < -0.39 is 5.97 Å². The van der Waals surface area contributed by atoms with Crippen molar-refractivity contribution in [3.05, 3.63) is 0 Å². The van der Waals surface area contributed by atoms with E-state index in [2.05, 4.69) is 5.32 Å². The SMILES string of the molecule is O=C(O)CCCCNC(=O)CCC1CCC1. The first kappa shape index (κ1) is 13.0. The lowest BCUT2D eigenvalue weighted by atomic mass is 9.82. The molecular formula is C12H21NO3. The molecule has 1 saturated carbocycles. The van der Waals surface area contributed by atoms with Crippen molar-refractivity contribution in [2.24, 2.45) is 5.92 Å². The second-order valence-corrected chi connectivity index (χ2v) is 4.54. The summed E-state index contributed by atoms with van der Waals surface area (Å²) in [7, 11) is 0. The summed E-state index contributed by atoms with van der Waals surface area (Å²) < 4.78 is 0. The van der Waals surface area contributed by atoms with Gasteiger partial charge in [-0.2, -0.15) is 0 Å². The molecule has 1 rings (SSSR count). The van der Waals surface area contributed by atoms with Crippen molar-refractivity contribution < 1.29 is 14.7 Å². The molecule has 0 aromatic heterocycles. The highest BCUT2D eigenvalue weighted by molar-refractivity contribution is 5.75. The van der Waals surface area contributed by atoms with Gasteiger partial charge < -0.3 is 10.4 Å². The summed E-state index contributed by atoms with van der Waals surface area (Å²) >= 11 is 0. The summed E-state index contributed by atoms with van der Waals surface area (Å²) in [6.07, 6.45) is 7.11. The number of aliphatic carboxylic acids is 1. The van der Waals surface area contributed by atoms with E-state index in [1.54, 1.807) is 0 Å². The Morgan fingerprint density at radius 1 is 1.19 bits per heavy atom. The Morgan fingerprint density at radius 2 is 1.94 bits per heavy atom. The van der Waals surface area contributed by atoms with Gasteiger partial charge in [0, 0.05) is 19.4 Å². The van der Waals surface area contributed by atoms with Gasteiger partial charge in [-0.25, -0.2) is 0 Å². The normalized spacial score (nSPS) is 15.5. The van der Waals surface area contributed by atoms with Crippen LogP contribution in [0.1, 0.15) is 51.4 Å². The minimum atomic E-state index is -0.767. The van der Waals surface area contributed by atoms with Gasteiger partial charge in [-0.3, -0.25) is 9.59 Å². The standard InChI is InChI=1S/C12H21NO3/c14-11(8-7-10-4-3-5-10)13-9-2-1-6-12(15)16/h10H,1-9H2,(H,13,14)(H,15,16). The highest BCUT2D eigenvalue weighted by Gasteiger charge is 2.17. The summed E-state index contributed by atoms with van der Waals surface area (Å²) in [4.78, 5) is 21.6. The molecule has 0 spiro atoms. The molecule has 0 heterocycles. The second-order valence-electron chi connectivity index (χ2n) is 4.54. The predicted molar refractivity (Wildman–Crippen MR) is 61.1 cm³/mol. The van der Waals surface area contributed by atoms with E-state index in [-0.39, 0.29) is 12.3 Å². The summed E-state index contributed by atoms with van der Waals surface area (Å²) in [5.41, 5.74) is 0. The molecule has 4 nitrogen and oxygen atoms in total. The van der Waals surface area contributed by atoms with Gasteiger partial charge >= 0.3 is 5.97 Å². The van der Waals surface area contributed by atoms with Crippen molar-refractivity contribution >= 4 is 11.9 Å². The first-order chi connectivity index (χ1) is 7.68. The van der Waals surface area contributed by atoms with Crippen LogP contribution < -0.4 is 5.32 Å². The molecule has 1 aliphatic rings. The van der Waals surface area contributed by atoms with Gasteiger partial charge in [0.15, 0.2) is 0 Å². The third kappa shape index (κ3) is 5.73. The number of rotatable bonds is 8. The van der Waals surface area contributed by atoms with E-state index in [4.69, 9.17) is 5.11 Å². The van der Waals surface area contributed by atoms with Crippen molar-refractivity contribution in [1.29, 1.82) is 0 Å². The fraction of sp³-hybridized carbons (Fsp3) is 0.833. The van der Waals surface area contributed by atoms with Crippen LogP contribution in [0.3, 0.4) is 0 Å². The van der Waals surface area contributed by atoms with Gasteiger partial charge in [-0.05, 0) is 25.2 Å². The van der Waals surface area contributed by atoms with Crippen LogP contribution in [0.5, 0.6) is 0 Å².